The van der Waals surface area contributed by atoms with Crippen LogP contribution in [-0.4, -0.2) is 6.61 Å². The Morgan fingerprint density at radius 3 is 2.76 bits per heavy atom. The second kappa shape index (κ2) is 6.28. The van der Waals surface area contributed by atoms with Crippen LogP contribution in [0.1, 0.15) is 43.7 Å². The summed E-state index contributed by atoms with van der Waals surface area (Å²) in [7, 11) is 0. The minimum Gasteiger partial charge on any atom is -0.435 e. The molecule has 4 unspecified atom stereocenters. The van der Waals surface area contributed by atoms with Crippen LogP contribution in [0, 0.1) is 17.8 Å². The Kier molecular flexibility index (Phi) is 4.40. The molecule has 2 aliphatic carbocycles. The summed E-state index contributed by atoms with van der Waals surface area (Å²) in [6.07, 6.45) is 6.32. The molecule has 0 spiro atoms. The zero-order chi connectivity index (χ0) is 14.8. The van der Waals surface area contributed by atoms with E-state index in [9.17, 15) is 8.78 Å². The number of hydrogen-bond donors (Lipinski definition) is 2. The largest absolute Gasteiger partial charge is 0.435 e. The van der Waals surface area contributed by atoms with E-state index in [4.69, 9.17) is 5.84 Å². The van der Waals surface area contributed by atoms with E-state index in [-0.39, 0.29) is 11.8 Å². The molecule has 2 saturated carbocycles. The van der Waals surface area contributed by atoms with Crippen molar-refractivity contribution in [1.82, 2.24) is 5.43 Å². The molecule has 0 aromatic heterocycles. The van der Waals surface area contributed by atoms with Crippen LogP contribution in [0.25, 0.3) is 0 Å². The minimum absolute atomic E-state index is 0.00410. The van der Waals surface area contributed by atoms with Crippen LogP contribution < -0.4 is 16.0 Å². The Hall–Kier alpha value is -1.20. The van der Waals surface area contributed by atoms with Crippen molar-refractivity contribution in [2.24, 2.45) is 23.6 Å². The number of halogens is 2. The van der Waals surface area contributed by atoms with E-state index in [2.05, 4.69) is 10.2 Å². The molecule has 2 aliphatic rings. The summed E-state index contributed by atoms with van der Waals surface area (Å²) < 4.78 is 29.1. The summed E-state index contributed by atoms with van der Waals surface area (Å²) in [5, 5.41) is 0. The average Bonchev–Trinajstić information content (AvgIpc) is 3.06. The predicted molar refractivity (Wildman–Crippen MR) is 76.7 cm³/mol. The summed E-state index contributed by atoms with van der Waals surface area (Å²) in [5.74, 6) is 8.30. The van der Waals surface area contributed by atoms with Crippen molar-refractivity contribution < 1.29 is 13.5 Å². The molecule has 0 radical (unpaired) electrons. The van der Waals surface area contributed by atoms with E-state index in [1.54, 1.807) is 18.2 Å². The summed E-state index contributed by atoms with van der Waals surface area (Å²) in [6.45, 7) is -2.80. The topological polar surface area (TPSA) is 47.3 Å². The maximum Gasteiger partial charge on any atom is 0.387 e. The number of fused-ring (bicyclic) bond motifs is 2. The van der Waals surface area contributed by atoms with Crippen LogP contribution >= 0.6 is 0 Å². The van der Waals surface area contributed by atoms with Gasteiger partial charge in [-0.3, -0.25) is 11.3 Å². The van der Waals surface area contributed by atoms with Crippen LogP contribution in [0.4, 0.5) is 8.78 Å². The summed E-state index contributed by atoms with van der Waals surface area (Å²) in [6, 6.07) is 6.84. The second-order valence-electron chi connectivity index (χ2n) is 6.34. The average molecular weight is 296 g/mol. The normalized spacial score (nSPS) is 29.0. The van der Waals surface area contributed by atoms with E-state index in [0.717, 1.165) is 23.8 Å². The van der Waals surface area contributed by atoms with Gasteiger partial charge in [-0.25, -0.2) is 0 Å². The first-order valence-corrected chi connectivity index (χ1v) is 7.66. The van der Waals surface area contributed by atoms with Crippen molar-refractivity contribution in [2.45, 2.75) is 44.8 Å². The van der Waals surface area contributed by atoms with E-state index in [0.29, 0.717) is 5.92 Å². The first-order valence-electron chi connectivity index (χ1n) is 7.66. The van der Waals surface area contributed by atoms with Gasteiger partial charge in [0, 0.05) is 6.04 Å². The molecule has 3 nitrogen and oxygen atoms in total. The van der Waals surface area contributed by atoms with E-state index < -0.39 is 6.61 Å². The van der Waals surface area contributed by atoms with Gasteiger partial charge in [0.25, 0.3) is 0 Å². The number of hydrogen-bond acceptors (Lipinski definition) is 3. The zero-order valence-electron chi connectivity index (χ0n) is 12.0. The van der Waals surface area contributed by atoms with Gasteiger partial charge in [-0.15, -0.1) is 0 Å². The number of ether oxygens (including phenoxy) is 1. The number of rotatable bonds is 6. The van der Waals surface area contributed by atoms with Crippen LogP contribution in [0.15, 0.2) is 24.3 Å². The number of alkyl halides is 2. The van der Waals surface area contributed by atoms with Gasteiger partial charge in [0.2, 0.25) is 0 Å². The lowest BCUT2D eigenvalue weighted by atomic mass is 9.83. The quantitative estimate of drug-likeness (QED) is 0.622. The fraction of sp³-hybridized carbons (Fsp3) is 0.625. The Morgan fingerprint density at radius 1 is 1.29 bits per heavy atom. The van der Waals surface area contributed by atoms with Crippen molar-refractivity contribution in [3.05, 3.63) is 29.8 Å². The first-order chi connectivity index (χ1) is 10.2. The number of benzene rings is 1. The molecular formula is C16H22F2N2O. The highest BCUT2D eigenvalue weighted by Gasteiger charge is 2.40. The smallest absolute Gasteiger partial charge is 0.387 e. The molecule has 5 heteroatoms. The van der Waals surface area contributed by atoms with Crippen molar-refractivity contribution in [1.29, 1.82) is 0 Å². The lowest BCUT2D eigenvalue weighted by Crippen LogP contribution is -2.30. The monoisotopic (exact) mass is 296 g/mol. The summed E-state index contributed by atoms with van der Waals surface area (Å²) in [4.78, 5) is 0. The fourth-order valence-electron chi connectivity index (χ4n) is 4.18. The molecule has 1 aromatic rings. The molecule has 3 N–H and O–H groups in total. The minimum atomic E-state index is -2.80. The lowest BCUT2D eigenvalue weighted by molar-refractivity contribution is -0.0499. The van der Waals surface area contributed by atoms with Gasteiger partial charge in [0.15, 0.2) is 0 Å². The third-order valence-electron chi connectivity index (χ3n) is 5.11. The number of nitrogens with two attached hydrogens (primary N) is 1. The second-order valence-corrected chi connectivity index (χ2v) is 6.34. The third kappa shape index (κ3) is 3.35. The maximum atomic E-state index is 12.3. The molecule has 0 amide bonds. The SMILES string of the molecule is NNC(CC1CC2CCC1C2)c1cccc(OC(F)F)c1. The molecule has 1 aromatic carbocycles. The number of nitrogens with one attached hydrogen (secondary N) is 1. The molecule has 3 rings (SSSR count). The molecule has 2 fully saturated rings. The van der Waals surface area contributed by atoms with Gasteiger partial charge in [0.05, 0.1) is 0 Å². The van der Waals surface area contributed by atoms with Crippen LogP contribution in [-0.2, 0) is 0 Å². The summed E-state index contributed by atoms with van der Waals surface area (Å²) in [5.41, 5.74) is 3.76. The van der Waals surface area contributed by atoms with E-state index in [1.165, 1.54) is 25.7 Å². The Morgan fingerprint density at radius 2 is 2.14 bits per heavy atom. The molecular weight excluding hydrogens is 274 g/mol. The Balaban J connectivity index is 1.68. The van der Waals surface area contributed by atoms with Gasteiger partial charge in [0.1, 0.15) is 5.75 Å². The van der Waals surface area contributed by atoms with Crippen LogP contribution in [0.3, 0.4) is 0 Å². The van der Waals surface area contributed by atoms with Gasteiger partial charge < -0.3 is 4.74 Å². The van der Waals surface area contributed by atoms with Gasteiger partial charge in [-0.1, -0.05) is 18.6 Å². The molecule has 0 heterocycles. The third-order valence-corrected chi connectivity index (χ3v) is 5.11. The van der Waals surface area contributed by atoms with Crippen molar-refractivity contribution >= 4 is 0 Å². The first kappa shape index (κ1) is 14.7. The standard InChI is InChI=1S/C16H22F2N2O/c17-16(18)21-14-3-1-2-12(8-14)15(20-19)9-13-7-10-4-5-11(13)6-10/h1-3,8,10-11,13,15-16,20H,4-7,9,19H2. The van der Waals surface area contributed by atoms with Gasteiger partial charge in [-0.2, -0.15) is 8.78 Å². The molecule has 2 bridgehead atoms. The molecule has 0 aliphatic heterocycles. The highest BCUT2D eigenvalue weighted by Crippen LogP contribution is 2.50. The fourth-order valence-corrected chi connectivity index (χ4v) is 4.18. The number of hydrazine groups is 1. The van der Waals surface area contributed by atoms with Crippen molar-refractivity contribution in [3.8, 4) is 5.75 Å². The van der Waals surface area contributed by atoms with Gasteiger partial charge in [-0.05, 0) is 61.1 Å². The Labute approximate surface area is 123 Å². The molecule has 21 heavy (non-hydrogen) atoms. The van der Waals surface area contributed by atoms with E-state index >= 15 is 0 Å². The maximum absolute atomic E-state index is 12.3. The van der Waals surface area contributed by atoms with Crippen molar-refractivity contribution in [2.75, 3.05) is 0 Å². The summed E-state index contributed by atoms with van der Waals surface area (Å²) >= 11 is 0. The van der Waals surface area contributed by atoms with Gasteiger partial charge >= 0.3 is 6.61 Å². The zero-order valence-corrected chi connectivity index (χ0v) is 12.0. The van der Waals surface area contributed by atoms with Crippen molar-refractivity contribution in [3.63, 3.8) is 0 Å². The lowest BCUT2D eigenvalue weighted by Gasteiger charge is -2.26. The highest BCUT2D eigenvalue weighted by atomic mass is 19.3. The highest BCUT2D eigenvalue weighted by molar-refractivity contribution is 5.30. The van der Waals surface area contributed by atoms with Crippen LogP contribution in [0.5, 0.6) is 5.75 Å². The predicted octanol–water partition coefficient (Wildman–Crippen LogP) is 3.62. The van der Waals surface area contributed by atoms with E-state index in [1.807, 2.05) is 6.07 Å². The van der Waals surface area contributed by atoms with Crippen LogP contribution in [0.2, 0.25) is 0 Å². The molecule has 4 atom stereocenters. The Bertz CT molecular complexity index is 483. The molecule has 116 valence electrons. The molecule has 0 saturated heterocycles.